The summed E-state index contributed by atoms with van der Waals surface area (Å²) in [5.41, 5.74) is 6.28. The summed E-state index contributed by atoms with van der Waals surface area (Å²) in [6, 6.07) is 7.08. The van der Waals surface area contributed by atoms with E-state index in [-0.39, 0.29) is 11.6 Å². The van der Waals surface area contributed by atoms with E-state index in [2.05, 4.69) is 20.9 Å². The predicted octanol–water partition coefficient (Wildman–Crippen LogP) is 2.80. The van der Waals surface area contributed by atoms with E-state index in [0.717, 1.165) is 0 Å². The molecule has 2 aromatic rings. The van der Waals surface area contributed by atoms with Gasteiger partial charge in [-0.1, -0.05) is 0 Å². The number of carbonyl (C=O) groups excluding carboxylic acids is 1. The maximum atomic E-state index is 12.9. The monoisotopic (exact) mass is 294 g/mol. The van der Waals surface area contributed by atoms with Crippen molar-refractivity contribution < 1.29 is 9.18 Å². The highest BCUT2D eigenvalue weighted by Crippen LogP contribution is 2.22. The van der Waals surface area contributed by atoms with Crippen LogP contribution in [0.2, 0.25) is 0 Å². The van der Waals surface area contributed by atoms with Crippen LogP contribution in [0.1, 0.15) is 15.9 Å². The minimum atomic E-state index is -0.410. The van der Waals surface area contributed by atoms with Crippen LogP contribution in [0, 0.1) is 5.82 Å². The number of carbonyl (C=O) groups is 1. The van der Waals surface area contributed by atoms with Crippen LogP contribution >= 0.6 is 15.9 Å². The van der Waals surface area contributed by atoms with Crippen molar-refractivity contribution in [1.29, 1.82) is 0 Å². The maximum Gasteiger partial charge on any atom is 0.197 e. The van der Waals surface area contributed by atoms with Gasteiger partial charge in [0.05, 0.1) is 5.56 Å². The molecular weight excluding hydrogens is 287 g/mol. The molecule has 0 saturated heterocycles. The van der Waals surface area contributed by atoms with Crippen LogP contribution in [0.3, 0.4) is 0 Å². The smallest absolute Gasteiger partial charge is 0.197 e. The zero-order chi connectivity index (χ0) is 12.4. The van der Waals surface area contributed by atoms with Crippen LogP contribution in [0.4, 0.5) is 10.2 Å². The number of nitrogens with two attached hydrogens (primary N) is 1. The van der Waals surface area contributed by atoms with E-state index in [4.69, 9.17) is 5.73 Å². The van der Waals surface area contributed by atoms with E-state index >= 15 is 0 Å². The number of rotatable bonds is 2. The summed E-state index contributed by atoms with van der Waals surface area (Å²) in [4.78, 5) is 16.0. The molecule has 17 heavy (non-hydrogen) atoms. The first kappa shape index (κ1) is 11.7. The lowest BCUT2D eigenvalue weighted by Crippen LogP contribution is -2.07. The van der Waals surface area contributed by atoms with Crippen molar-refractivity contribution in [3.8, 4) is 0 Å². The largest absolute Gasteiger partial charge is 0.383 e. The van der Waals surface area contributed by atoms with Gasteiger partial charge in [-0.2, -0.15) is 0 Å². The molecule has 0 aliphatic heterocycles. The van der Waals surface area contributed by atoms with Gasteiger partial charge in [-0.25, -0.2) is 9.37 Å². The lowest BCUT2D eigenvalue weighted by atomic mass is 10.0. The molecule has 0 aliphatic rings. The molecule has 0 saturated carbocycles. The van der Waals surface area contributed by atoms with E-state index in [1.807, 2.05) is 0 Å². The van der Waals surface area contributed by atoms with Gasteiger partial charge >= 0.3 is 0 Å². The summed E-state index contributed by atoms with van der Waals surface area (Å²) < 4.78 is 13.3. The number of halogens is 2. The van der Waals surface area contributed by atoms with Crippen LogP contribution in [-0.4, -0.2) is 10.8 Å². The summed E-state index contributed by atoms with van der Waals surface area (Å²) in [6.45, 7) is 0. The Balaban J connectivity index is 2.48. The van der Waals surface area contributed by atoms with Crippen LogP contribution in [0.25, 0.3) is 0 Å². The molecule has 86 valence electrons. The summed E-state index contributed by atoms with van der Waals surface area (Å²) in [6.07, 6.45) is 1.51. The van der Waals surface area contributed by atoms with Crippen molar-refractivity contribution in [3.05, 3.63) is 57.9 Å². The molecule has 3 nitrogen and oxygen atoms in total. The van der Waals surface area contributed by atoms with Gasteiger partial charge in [-0.3, -0.25) is 4.79 Å². The van der Waals surface area contributed by atoms with Crippen molar-refractivity contribution >= 4 is 27.5 Å². The molecule has 1 heterocycles. The fourth-order valence-electron chi connectivity index (χ4n) is 1.43. The van der Waals surface area contributed by atoms with Crippen LogP contribution < -0.4 is 5.73 Å². The predicted molar refractivity (Wildman–Crippen MR) is 66.2 cm³/mol. The molecule has 0 aliphatic carbocycles. The Bertz CT molecular complexity index is 586. The van der Waals surface area contributed by atoms with E-state index in [1.165, 1.54) is 24.4 Å². The van der Waals surface area contributed by atoms with E-state index < -0.39 is 5.82 Å². The normalized spacial score (nSPS) is 10.2. The minimum absolute atomic E-state index is 0.161. The highest BCUT2D eigenvalue weighted by Gasteiger charge is 2.15. The van der Waals surface area contributed by atoms with Crippen LogP contribution in [0.5, 0.6) is 0 Å². The topological polar surface area (TPSA) is 56.0 Å². The Kier molecular flexibility index (Phi) is 3.19. The van der Waals surface area contributed by atoms with Gasteiger partial charge in [0.1, 0.15) is 11.6 Å². The van der Waals surface area contributed by atoms with E-state index in [9.17, 15) is 9.18 Å². The Morgan fingerprint density at radius 3 is 2.71 bits per heavy atom. The number of ketones is 1. The van der Waals surface area contributed by atoms with Gasteiger partial charge in [0.2, 0.25) is 0 Å². The quantitative estimate of drug-likeness (QED) is 0.867. The first-order valence-electron chi connectivity index (χ1n) is 4.80. The third-order valence-corrected chi connectivity index (χ3v) is 2.92. The number of pyridine rings is 1. The second kappa shape index (κ2) is 4.63. The lowest BCUT2D eigenvalue weighted by Gasteiger charge is -2.05. The molecule has 0 bridgehead atoms. The van der Waals surface area contributed by atoms with Crippen molar-refractivity contribution in [1.82, 2.24) is 4.98 Å². The van der Waals surface area contributed by atoms with E-state index in [0.29, 0.717) is 15.6 Å². The summed E-state index contributed by atoms with van der Waals surface area (Å²) in [5, 5.41) is 0. The molecule has 0 radical (unpaired) electrons. The first-order valence-corrected chi connectivity index (χ1v) is 5.59. The Hall–Kier alpha value is -1.75. The molecule has 0 unspecified atom stereocenters. The number of benzene rings is 1. The standard InChI is InChI=1S/C12H8BrFN2O/c13-10-6-7(14)3-4-8(10)11(17)9-2-1-5-16-12(9)15/h1-6H,(H2,15,16). The highest BCUT2D eigenvalue weighted by molar-refractivity contribution is 9.10. The van der Waals surface area contributed by atoms with Gasteiger partial charge in [0.15, 0.2) is 5.78 Å². The van der Waals surface area contributed by atoms with Crippen LogP contribution in [0.15, 0.2) is 41.0 Å². The number of nitrogens with zero attached hydrogens (tertiary/aromatic N) is 1. The fraction of sp³-hybridized carbons (Fsp3) is 0. The van der Waals surface area contributed by atoms with Crippen molar-refractivity contribution in [2.45, 2.75) is 0 Å². The first-order chi connectivity index (χ1) is 8.09. The number of nitrogen functional groups attached to an aromatic ring is 1. The lowest BCUT2D eigenvalue weighted by molar-refractivity contribution is 0.103. The molecule has 2 rings (SSSR count). The molecule has 1 aromatic carbocycles. The van der Waals surface area contributed by atoms with Crippen molar-refractivity contribution in [2.24, 2.45) is 0 Å². The zero-order valence-corrected chi connectivity index (χ0v) is 10.2. The highest BCUT2D eigenvalue weighted by atomic mass is 79.9. The van der Waals surface area contributed by atoms with Gasteiger partial charge in [0.25, 0.3) is 0 Å². The Morgan fingerprint density at radius 2 is 2.06 bits per heavy atom. The number of hydrogen-bond donors (Lipinski definition) is 1. The minimum Gasteiger partial charge on any atom is -0.383 e. The van der Waals surface area contributed by atoms with Gasteiger partial charge in [-0.15, -0.1) is 0 Å². The summed E-state index contributed by atoms with van der Waals surface area (Å²) in [7, 11) is 0. The second-order valence-electron chi connectivity index (χ2n) is 3.39. The number of hydrogen-bond acceptors (Lipinski definition) is 3. The Labute approximate surface area is 106 Å². The zero-order valence-electron chi connectivity index (χ0n) is 8.65. The molecule has 0 atom stereocenters. The molecular formula is C12H8BrFN2O. The van der Waals surface area contributed by atoms with Gasteiger partial charge in [-0.05, 0) is 46.3 Å². The fourth-order valence-corrected chi connectivity index (χ4v) is 1.96. The third kappa shape index (κ3) is 2.34. The summed E-state index contributed by atoms with van der Waals surface area (Å²) >= 11 is 3.15. The summed E-state index contributed by atoms with van der Waals surface area (Å²) in [5.74, 6) is -0.538. The average molecular weight is 295 g/mol. The molecule has 0 amide bonds. The van der Waals surface area contributed by atoms with Crippen LogP contribution in [-0.2, 0) is 0 Å². The average Bonchev–Trinajstić information content (AvgIpc) is 2.29. The van der Waals surface area contributed by atoms with Crippen molar-refractivity contribution in [3.63, 3.8) is 0 Å². The van der Waals surface area contributed by atoms with E-state index in [1.54, 1.807) is 12.1 Å². The van der Waals surface area contributed by atoms with Gasteiger partial charge < -0.3 is 5.73 Å². The SMILES string of the molecule is Nc1ncccc1C(=O)c1ccc(F)cc1Br. The maximum absolute atomic E-state index is 12.9. The number of aromatic nitrogens is 1. The Morgan fingerprint density at radius 1 is 1.29 bits per heavy atom. The second-order valence-corrected chi connectivity index (χ2v) is 4.24. The molecule has 0 fully saturated rings. The van der Waals surface area contributed by atoms with Gasteiger partial charge in [0, 0.05) is 16.2 Å². The molecule has 1 aromatic heterocycles. The molecule has 0 spiro atoms. The molecule has 5 heteroatoms. The molecule has 2 N–H and O–H groups in total. The third-order valence-electron chi connectivity index (χ3n) is 2.26. The number of anilines is 1. The van der Waals surface area contributed by atoms with Crippen molar-refractivity contribution in [2.75, 3.05) is 5.73 Å².